The number of pyridine rings is 1. The van der Waals surface area contributed by atoms with E-state index in [1.165, 1.54) is 25.7 Å². The molecular formula is C13H21N3. The van der Waals surface area contributed by atoms with E-state index in [0.717, 1.165) is 29.5 Å². The first-order valence-electron chi connectivity index (χ1n) is 6.10. The molecule has 88 valence electrons. The monoisotopic (exact) mass is 219 g/mol. The summed E-state index contributed by atoms with van der Waals surface area (Å²) in [5.41, 5.74) is 7.99. The van der Waals surface area contributed by atoms with Gasteiger partial charge in [0.2, 0.25) is 0 Å². The van der Waals surface area contributed by atoms with Gasteiger partial charge in [-0.05, 0) is 37.3 Å². The molecule has 1 fully saturated rings. The summed E-state index contributed by atoms with van der Waals surface area (Å²) in [5, 5.41) is 0. The summed E-state index contributed by atoms with van der Waals surface area (Å²) in [4.78, 5) is 6.59. The van der Waals surface area contributed by atoms with Gasteiger partial charge in [-0.2, -0.15) is 0 Å². The maximum atomic E-state index is 6.05. The van der Waals surface area contributed by atoms with Gasteiger partial charge in [-0.15, -0.1) is 0 Å². The lowest BCUT2D eigenvalue weighted by Crippen LogP contribution is -2.25. The molecule has 0 saturated heterocycles. The number of nitrogen functional groups attached to an aromatic ring is 1. The average molecular weight is 219 g/mol. The number of anilines is 2. The van der Waals surface area contributed by atoms with Gasteiger partial charge in [-0.3, -0.25) is 0 Å². The minimum absolute atomic E-state index is 0.822. The van der Waals surface area contributed by atoms with Gasteiger partial charge in [0, 0.05) is 19.8 Å². The Morgan fingerprint density at radius 2 is 2.12 bits per heavy atom. The predicted octanol–water partition coefficient (Wildman–Crippen LogP) is 2.60. The van der Waals surface area contributed by atoms with Gasteiger partial charge in [0.25, 0.3) is 0 Å². The van der Waals surface area contributed by atoms with Gasteiger partial charge in [0.05, 0.1) is 5.69 Å². The number of nitrogens with zero attached hydrogens (tertiary/aromatic N) is 2. The number of nitrogens with two attached hydrogens (primary N) is 1. The summed E-state index contributed by atoms with van der Waals surface area (Å²) in [6, 6.07) is 1.96. The van der Waals surface area contributed by atoms with Gasteiger partial charge in [0.15, 0.2) is 5.82 Å². The van der Waals surface area contributed by atoms with Crippen LogP contribution in [0.25, 0.3) is 0 Å². The number of aryl methyl sites for hydroxylation is 1. The van der Waals surface area contributed by atoms with Crippen molar-refractivity contribution in [1.29, 1.82) is 0 Å². The molecule has 2 rings (SSSR count). The van der Waals surface area contributed by atoms with Crippen LogP contribution in [-0.2, 0) is 0 Å². The first-order chi connectivity index (χ1) is 7.68. The van der Waals surface area contributed by atoms with Crippen molar-refractivity contribution in [2.24, 2.45) is 5.92 Å². The second-order valence-electron chi connectivity index (χ2n) is 4.90. The molecule has 1 aliphatic carbocycles. The van der Waals surface area contributed by atoms with Crippen LogP contribution in [0.2, 0.25) is 0 Å². The van der Waals surface area contributed by atoms with Gasteiger partial charge in [-0.1, -0.05) is 12.8 Å². The topological polar surface area (TPSA) is 42.2 Å². The van der Waals surface area contributed by atoms with Crippen LogP contribution in [-0.4, -0.2) is 18.6 Å². The number of rotatable bonds is 3. The second kappa shape index (κ2) is 4.73. The van der Waals surface area contributed by atoms with Gasteiger partial charge >= 0.3 is 0 Å². The zero-order chi connectivity index (χ0) is 11.5. The SMILES string of the molecule is Cc1ccnc(N(C)CC2CCCC2)c1N. The van der Waals surface area contributed by atoms with Crippen LogP contribution in [0.1, 0.15) is 31.2 Å². The summed E-state index contributed by atoms with van der Waals surface area (Å²) in [7, 11) is 2.09. The standard InChI is InChI=1S/C13H21N3/c1-10-7-8-15-13(12(10)14)16(2)9-11-5-3-4-6-11/h7-8,11H,3-6,9,14H2,1-2H3. The van der Waals surface area contributed by atoms with E-state index in [2.05, 4.69) is 16.9 Å². The minimum atomic E-state index is 0.822. The van der Waals surface area contributed by atoms with E-state index in [9.17, 15) is 0 Å². The zero-order valence-corrected chi connectivity index (χ0v) is 10.2. The lowest BCUT2D eigenvalue weighted by molar-refractivity contribution is 0.545. The highest BCUT2D eigenvalue weighted by molar-refractivity contribution is 5.65. The number of hydrogen-bond acceptors (Lipinski definition) is 3. The number of hydrogen-bond donors (Lipinski definition) is 1. The maximum Gasteiger partial charge on any atom is 0.151 e. The van der Waals surface area contributed by atoms with Crippen molar-refractivity contribution in [3.63, 3.8) is 0 Å². The molecular weight excluding hydrogens is 198 g/mol. The molecule has 0 atom stereocenters. The molecule has 3 heteroatoms. The highest BCUT2D eigenvalue weighted by Crippen LogP contribution is 2.28. The summed E-state index contributed by atoms with van der Waals surface area (Å²) in [6.45, 7) is 3.12. The van der Waals surface area contributed by atoms with Crippen molar-refractivity contribution in [2.45, 2.75) is 32.6 Å². The fourth-order valence-electron chi connectivity index (χ4n) is 2.53. The molecule has 1 aromatic heterocycles. The molecule has 1 heterocycles. The van der Waals surface area contributed by atoms with Crippen LogP contribution in [0.4, 0.5) is 11.5 Å². The molecule has 0 unspecified atom stereocenters. The molecule has 16 heavy (non-hydrogen) atoms. The van der Waals surface area contributed by atoms with Crippen molar-refractivity contribution in [2.75, 3.05) is 24.2 Å². The van der Waals surface area contributed by atoms with Gasteiger partial charge in [0.1, 0.15) is 0 Å². The van der Waals surface area contributed by atoms with Crippen molar-refractivity contribution < 1.29 is 0 Å². The zero-order valence-electron chi connectivity index (χ0n) is 10.2. The smallest absolute Gasteiger partial charge is 0.151 e. The van der Waals surface area contributed by atoms with Crippen LogP contribution in [0, 0.1) is 12.8 Å². The van der Waals surface area contributed by atoms with E-state index in [0.29, 0.717) is 0 Å². The van der Waals surface area contributed by atoms with E-state index in [4.69, 9.17) is 5.73 Å². The Labute approximate surface area is 97.7 Å². The second-order valence-corrected chi connectivity index (χ2v) is 4.90. The fraction of sp³-hybridized carbons (Fsp3) is 0.615. The molecule has 0 bridgehead atoms. The van der Waals surface area contributed by atoms with Crippen molar-refractivity contribution >= 4 is 11.5 Å². The van der Waals surface area contributed by atoms with Crippen LogP contribution in [0.3, 0.4) is 0 Å². The molecule has 0 amide bonds. The van der Waals surface area contributed by atoms with Gasteiger partial charge in [-0.25, -0.2) is 4.98 Å². The molecule has 0 aromatic carbocycles. The first kappa shape index (κ1) is 11.2. The Morgan fingerprint density at radius 1 is 1.44 bits per heavy atom. The lowest BCUT2D eigenvalue weighted by atomic mass is 10.1. The molecule has 1 aliphatic rings. The third kappa shape index (κ3) is 2.29. The largest absolute Gasteiger partial charge is 0.396 e. The number of aromatic nitrogens is 1. The maximum absolute atomic E-state index is 6.05. The molecule has 0 radical (unpaired) electrons. The van der Waals surface area contributed by atoms with Gasteiger partial charge < -0.3 is 10.6 Å². The van der Waals surface area contributed by atoms with E-state index in [-0.39, 0.29) is 0 Å². The van der Waals surface area contributed by atoms with E-state index in [1.54, 1.807) is 0 Å². The average Bonchev–Trinajstić information content (AvgIpc) is 2.74. The van der Waals surface area contributed by atoms with Crippen LogP contribution >= 0.6 is 0 Å². The van der Waals surface area contributed by atoms with Crippen molar-refractivity contribution in [1.82, 2.24) is 4.98 Å². The highest BCUT2D eigenvalue weighted by Gasteiger charge is 2.18. The van der Waals surface area contributed by atoms with E-state index >= 15 is 0 Å². The predicted molar refractivity (Wildman–Crippen MR) is 68.6 cm³/mol. The lowest BCUT2D eigenvalue weighted by Gasteiger charge is -2.23. The first-order valence-corrected chi connectivity index (χ1v) is 6.10. The van der Waals surface area contributed by atoms with Crippen molar-refractivity contribution in [3.05, 3.63) is 17.8 Å². The summed E-state index contributed by atoms with van der Waals surface area (Å²) >= 11 is 0. The third-order valence-electron chi connectivity index (χ3n) is 3.56. The molecule has 1 aromatic rings. The van der Waals surface area contributed by atoms with Crippen LogP contribution < -0.4 is 10.6 Å². The summed E-state index contributed by atoms with van der Waals surface area (Å²) < 4.78 is 0. The highest BCUT2D eigenvalue weighted by atomic mass is 15.2. The molecule has 0 spiro atoms. The summed E-state index contributed by atoms with van der Waals surface area (Å²) in [6.07, 6.45) is 7.32. The Kier molecular flexibility index (Phi) is 3.32. The Bertz CT molecular complexity index is 356. The minimum Gasteiger partial charge on any atom is -0.396 e. The van der Waals surface area contributed by atoms with Crippen molar-refractivity contribution in [3.8, 4) is 0 Å². The molecule has 3 nitrogen and oxygen atoms in total. The summed E-state index contributed by atoms with van der Waals surface area (Å²) in [5.74, 6) is 1.76. The fourth-order valence-corrected chi connectivity index (χ4v) is 2.53. The quantitative estimate of drug-likeness (QED) is 0.849. The van der Waals surface area contributed by atoms with E-state index in [1.807, 2.05) is 19.2 Å². The molecule has 0 aliphatic heterocycles. The third-order valence-corrected chi connectivity index (χ3v) is 3.56. The Hall–Kier alpha value is -1.25. The molecule has 1 saturated carbocycles. The molecule has 2 N–H and O–H groups in total. The van der Waals surface area contributed by atoms with Crippen LogP contribution in [0.5, 0.6) is 0 Å². The Morgan fingerprint density at radius 3 is 2.81 bits per heavy atom. The Balaban J connectivity index is 2.07. The normalized spacial score (nSPS) is 16.6. The van der Waals surface area contributed by atoms with E-state index < -0.39 is 0 Å². The van der Waals surface area contributed by atoms with Crippen LogP contribution in [0.15, 0.2) is 12.3 Å².